The van der Waals surface area contributed by atoms with Crippen LogP contribution in [0.3, 0.4) is 0 Å². The Kier molecular flexibility index (Phi) is 3.35. The number of halogens is 3. The zero-order chi connectivity index (χ0) is 13.2. The quantitative estimate of drug-likeness (QED) is 0.581. The van der Waals surface area contributed by atoms with Gasteiger partial charge >= 0.3 is 6.18 Å². The molecule has 0 saturated carbocycles. The monoisotopic (exact) mass is 256 g/mol. The number of benzene rings is 1. The highest BCUT2D eigenvalue weighted by Gasteiger charge is 2.30. The van der Waals surface area contributed by atoms with E-state index in [0.717, 1.165) is 12.1 Å². The summed E-state index contributed by atoms with van der Waals surface area (Å²) in [5.74, 6) is 5.93. The highest BCUT2D eigenvalue weighted by atomic mass is 19.4. The maximum atomic E-state index is 12.4. The Balaban J connectivity index is 2.28. The second kappa shape index (κ2) is 4.79. The average molecular weight is 256 g/mol. The summed E-state index contributed by atoms with van der Waals surface area (Å²) < 4.78 is 37.3. The fourth-order valence-electron chi connectivity index (χ4n) is 1.63. The van der Waals surface area contributed by atoms with Crippen LogP contribution in [0, 0.1) is 0 Å². The van der Waals surface area contributed by atoms with E-state index >= 15 is 0 Å². The van der Waals surface area contributed by atoms with Crippen LogP contribution >= 0.6 is 0 Å². The fourth-order valence-corrected chi connectivity index (χ4v) is 1.63. The van der Waals surface area contributed by atoms with E-state index in [1.807, 2.05) is 0 Å². The molecule has 18 heavy (non-hydrogen) atoms. The average Bonchev–Trinajstić information content (AvgIpc) is 2.83. The second-order valence-corrected chi connectivity index (χ2v) is 3.69. The Hall–Kier alpha value is -1.86. The maximum absolute atomic E-state index is 12.4. The van der Waals surface area contributed by atoms with E-state index in [9.17, 15) is 13.2 Å². The predicted octanol–water partition coefficient (Wildman–Crippen LogP) is 1.98. The predicted molar refractivity (Wildman–Crippen MR) is 59.2 cm³/mol. The summed E-state index contributed by atoms with van der Waals surface area (Å²) in [7, 11) is 0. The Morgan fingerprint density at radius 3 is 2.33 bits per heavy atom. The van der Waals surface area contributed by atoms with Crippen molar-refractivity contribution >= 4 is 0 Å². The number of aromatic amines is 1. The zero-order valence-corrected chi connectivity index (χ0v) is 9.20. The van der Waals surface area contributed by atoms with Crippen molar-refractivity contribution < 1.29 is 13.2 Å². The van der Waals surface area contributed by atoms with Gasteiger partial charge < -0.3 is 4.98 Å². The van der Waals surface area contributed by atoms with E-state index in [1.54, 1.807) is 12.4 Å². The molecule has 2 aromatic rings. The van der Waals surface area contributed by atoms with Gasteiger partial charge in [-0.05, 0) is 17.7 Å². The maximum Gasteiger partial charge on any atom is 0.416 e. The van der Waals surface area contributed by atoms with Crippen LogP contribution in [0.15, 0.2) is 36.7 Å². The minimum atomic E-state index is -4.34. The van der Waals surface area contributed by atoms with E-state index in [0.29, 0.717) is 11.4 Å². The number of hydrazine groups is 1. The molecule has 0 radical (unpaired) electrons. The van der Waals surface area contributed by atoms with Gasteiger partial charge in [-0.25, -0.2) is 10.4 Å². The summed E-state index contributed by atoms with van der Waals surface area (Å²) in [5.41, 5.74) is 2.41. The smallest absolute Gasteiger partial charge is 0.347 e. The van der Waals surface area contributed by atoms with E-state index in [1.165, 1.54) is 12.1 Å². The van der Waals surface area contributed by atoms with Gasteiger partial charge in [0.15, 0.2) is 0 Å². The third kappa shape index (κ3) is 2.52. The van der Waals surface area contributed by atoms with Gasteiger partial charge in [-0.15, -0.1) is 0 Å². The number of H-pyrrole nitrogens is 1. The Labute approximate surface area is 101 Å². The van der Waals surface area contributed by atoms with Gasteiger partial charge in [0.1, 0.15) is 11.9 Å². The summed E-state index contributed by atoms with van der Waals surface area (Å²) in [4.78, 5) is 6.87. The van der Waals surface area contributed by atoms with Gasteiger partial charge in [-0.3, -0.25) is 5.84 Å². The molecule has 0 aliphatic rings. The van der Waals surface area contributed by atoms with E-state index in [-0.39, 0.29) is 0 Å². The van der Waals surface area contributed by atoms with Crippen LogP contribution in [0.2, 0.25) is 0 Å². The number of rotatable bonds is 3. The van der Waals surface area contributed by atoms with Crippen molar-refractivity contribution in [1.29, 1.82) is 0 Å². The van der Waals surface area contributed by atoms with Crippen molar-refractivity contribution in [2.45, 2.75) is 12.2 Å². The van der Waals surface area contributed by atoms with Gasteiger partial charge in [0, 0.05) is 12.4 Å². The lowest BCUT2D eigenvalue weighted by Gasteiger charge is -2.15. The summed E-state index contributed by atoms with van der Waals surface area (Å²) in [6.45, 7) is 0. The topological polar surface area (TPSA) is 66.7 Å². The van der Waals surface area contributed by atoms with Crippen LogP contribution < -0.4 is 11.3 Å². The van der Waals surface area contributed by atoms with E-state index in [2.05, 4.69) is 15.4 Å². The molecule has 0 aliphatic carbocycles. The summed E-state index contributed by atoms with van der Waals surface area (Å²) in [5, 5.41) is 0. The van der Waals surface area contributed by atoms with Gasteiger partial charge in [0.05, 0.1) is 5.56 Å². The third-order valence-electron chi connectivity index (χ3n) is 2.53. The van der Waals surface area contributed by atoms with Gasteiger partial charge in [0.25, 0.3) is 0 Å². The second-order valence-electron chi connectivity index (χ2n) is 3.69. The summed E-state index contributed by atoms with van der Waals surface area (Å²) in [6, 6.07) is 4.30. The van der Waals surface area contributed by atoms with Crippen LogP contribution in [0.4, 0.5) is 13.2 Å². The van der Waals surface area contributed by atoms with Crippen LogP contribution in [0.25, 0.3) is 0 Å². The molecule has 96 valence electrons. The molecule has 0 amide bonds. The fraction of sp³-hybridized carbons (Fsp3) is 0.182. The molecule has 1 unspecified atom stereocenters. The van der Waals surface area contributed by atoms with Crippen molar-refractivity contribution in [3.8, 4) is 0 Å². The highest BCUT2D eigenvalue weighted by Crippen LogP contribution is 2.30. The number of nitrogens with zero attached hydrogens (tertiary/aromatic N) is 1. The molecule has 1 atom stereocenters. The largest absolute Gasteiger partial charge is 0.416 e. The zero-order valence-electron chi connectivity index (χ0n) is 9.20. The van der Waals surface area contributed by atoms with Crippen molar-refractivity contribution in [3.05, 3.63) is 53.6 Å². The third-order valence-corrected chi connectivity index (χ3v) is 2.53. The van der Waals surface area contributed by atoms with E-state index in [4.69, 9.17) is 5.84 Å². The first kappa shape index (κ1) is 12.6. The Morgan fingerprint density at radius 2 is 1.89 bits per heavy atom. The number of hydrogen-bond donors (Lipinski definition) is 3. The Bertz CT molecular complexity index is 490. The first-order chi connectivity index (χ1) is 8.52. The summed E-state index contributed by atoms with van der Waals surface area (Å²) >= 11 is 0. The van der Waals surface area contributed by atoms with Crippen LogP contribution in [0.5, 0.6) is 0 Å². The molecule has 1 aromatic heterocycles. The Morgan fingerprint density at radius 1 is 1.22 bits per heavy atom. The molecular formula is C11H11F3N4. The number of alkyl halides is 3. The first-order valence-electron chi connectivity index (χ1n) is 5.15. The van der Waals surface area contributed by atoms with Crippen molar-refractivity contribution in [3.63, 3.8) is 0 Å². The molecule has 0 spiro atoms. The molecule has 4 nitrogen and oxygen atoms in total. The van der Waals surface area contributed by atoms with E-state index < -0.39 is 17.8 Å². The molecule has 7 heteroatoms. The van der Waals surface area contributed by atoms with Gasteiger partial charge in [-0.1, -0.05) is 12.1 Å². The number of hydrogen-bond acceptors (Lipinski definition) is 3. The molecule has 0 aliphatic heterocycles. The lowest BCUT2D eigenvalue weighted by molar-refractivity contribution is -0.137. The number of imidazole rings is 1. The number of nitrogens with one attached hydrogen (secondary N) is 2. The molecule has 4 N–H and O–H groups in total. The van der Waals surface area contributed by atoms with Crippen molar-refractivity contribution in [2.24, 2.45) is 5.84 Å². The lowest BCUT2D eigenvalue weighted by atomic mass is 10.0. The van der Waals surface area contributed by atoms with Gasteiger partial charge in [-0.2, -0.15) is 13.2 Å². The molecule has 1 aromatic carbocycles. The first-order valence-corrected chi connectivity index (χ1v) is 5.15. The number of aromatic nitrogens is 2. The normalized spacial score (nSPS) is 13.6. The molecule has 0 saturated heterocycles. The van der Waals surface area contributed by atoms with Gasteiger partial charge in [0.2, 0.25) is 0 Å². The van der Waals surface area contributed by atoms with Crippen LogP contribution in [-0.2, 0) is 6.18 Å². The van der Waals surface area contributed by atoms with Crippen LogP contribution in [0.1, 0.15) is 23.0 Å². The van der Waals surface area contributed by atoms with Crippen LogP contribution in [-0.4, -0.2) is 9.97 Å². The molecule has 0 bridgehead atoms. The highest BCUT2D eigenvalue weighted by molar-refractivity contribution is 5.29. The standard InChI is InChI=1S/C11H11F3N4/c12-11(13,14)8-3-1-7(2-4-8)9(18-15)10-16-5-6-17-10/h1-6,9,18H,15H2,(H,16,17). The lowest BCUT2D eigenvalue weighted by Crippen LogP contribution is -2.29. The number of nitrogens with two attached hydrogens (primary N) is 1. The van der Waals surface area contributed by atoms with Crippen molar-refractivity contribution in [2.75, 3.05) is 0 Å². The van der Waals surface area contributed by atoms with Crippen molar-refractivity contribution in [1.82, 2.24) is 15.4 Å². The molecule has 0 fully saturated rings. The SMILES string of the molecule is NNC(c1ccc(C(F)(F)F)cc1)c1ncc[nH]1. The summed E-state index contributed by atoms with van der Waals surface area (Å²) in [6.07, 6.45) is -1.18. The molecular weight excluding hydrogens is 245 g/mol. The minimum Gasteiger partial charge on any atom is -0.347 e. The molecule has 2 rings (SSSR count). The molecule has 1 heterocycles. The minimum absolute atomic E-state index is 0.470.